The molecule has 0 bridgehead atoms. The van der Waals surface area contributed by atoms with Gasteiger partial charge in [0.1, 0.15) is 16.9 Å². The molecule has 0 aliphatic heterocycles. The van der Waals surface area contributed by atoms with E-state index in [0.717, 1.165) is 11.1 Å². The SMILES string of the molecule is CCC(CC)(C(=O)O)n1c(C)nc2cc(C)cnc21. The lowest BCUT2D eigenvalue weighted by atomic mass is 9.92. The van der Waals surface area contributed by atoms with Crippen LogP contribution < -0.4 is 0 Å². The summed E-state index contributed by atoms with van der Waals surface area (Å²) in [5.74, 6) is -0.138. The highest BCUT2D eigenvalue weighted by molar-refractivity contribution is 5.81. The summed E-state index contributed by atoms with van der Waals surface area (Å²) in [6, 6.07) is 1.93. The van der Waals surface area contributed by atoms with Gasteiger partial charge in [0.05, 0.1) is 0 Å². The van der Waals surface area contributed by atoms with Crippen LogP contribution in [0.4, 0.5) is 0 Å². The molecule has 5 heteroatoms. The minimum absolute atomic E-state index is 0.501. The van der Waals surface area contributed by atoms with Crippen molar-refractivity contribution in [3.63, 3.8) is 0 Å². The van der Waals surface area contributed by atoms with Crippen molar-refractivity contribution in [1.29, 1.82) is 0 Å². The third-order valence-corrected chi connectivity index (χ3v) is 3.80. The fourth-order valence-electron chi connectivity index (χ4n) is 2.66. The van der Waals surface area contributed by atoms with E-state index in [1.165, 1.54) is 0 Å². The molecular formula is C14H19N3O2. The molecule has 1 N–H and O–H groups in total. The number of nitrogens with zero attached hydrogens (tertiary/aromatic N) is 3. The molecule has 0 aliphatic rings. The first kappa shape index (κ1) is 13.5. The molecule has 0 spiro atoms. The fraction of sp³-hybridized carbons (Fsp3) is 0.500. The third-order valence-electron chi connectivity index (χ3n) is 3.80. The van der Waals surface area contributed by atoms with Crippen LogP contribution in [0.25, 0.3) is 11.2 Å². The number of carbonyl (C=O) groups is 1. The molecule has 0 unspecified atom stereocenters. The Balaban J connectivity index is 2.80. The van der Waals surface area contributed by atoms with Gasteiger partial charge in [0, 0.05) is 6.20 Å². The zero-order valence-electron chi connectivity index (χ0n) is 11.8. The number of aliphatic carboxylic acids is 1. The van der Waals surface area contributed by atoms with E-state index in [1.807, 2.05) is 33.8 Å². The maximum absolute atomic E-state index is 11.8. The topological polar surface area (TPSA) is 68.0 Å². The largest absolute Gasteiger partial charge is 0.479 e. The minimum Gasteiger partial charge on any atom is -0.479 e. The van der Waals surface area contributed by atoms with E-state index in [2.05, 4.69) is 9.97 Å². The summed E-state index contributed by atoms with van der Waals surface area (Å²) in [6.45, 7) is 7.55. The number of pyridine rings is 1. The monoisotopic (exact) mass is 261 g/mol. The first-order chi connectivity index (χ1) is 8.96. The summed E-state index contributed by atoms with van der Waals surface area (Å²) in [5.41, 5.74) is 1.45. The van der Waals surface area contributed by atoms with Gasteiger partial charge in [0.25, 0.3) is 0 Å². The number of aromatic nitrogens is 3. The molecule has 5 nitrogen and oxygen atoms in total. The van der Waals surface area contributed by atoms with E-state index >= 15 is 0 Å². The molecule has 102 valence electrons. The maximum atomic E-state index is 11.8. The van der Waals surface area contributed by atoms with Crippen LogP contribution in [-0.2, 0) is 10.3 Å². The van der Waals surface area contributed by atoms with Crippen LogP contribution in [0.15, 0.2) is 12.3 Å². The molecule has 2 heterocycles. The second-order valence-corrected chi connectivity index (χ2v) is 4.89. The first-order valence-electron chi connectivity index (χ1n) is 6.51. The number of carboxylic acid groups (broad SMARTS) is 1. The molecule has 0 radical (unpaired) electrons. The van der Waals surface area contributed by atoms with Gasteiger partial charge in [-0.1, -0.05) is 13.8 Å². The van der Waals surface area contributed by atoms with Crippen LogP contribution in [0.2, 0.25) is 0 Å². The summed E-state index contributed by atoms with van der Waals surface area (Å²) in [7, 11) is 0. The number of carboxylic acids is 1. The molecule has 0 saturated heterocycles. The molecule has 19 heavy (non-hydrogen) atoms. The van der Waals surface area contributed by atoms with Crippen LogP contribution in [-0.4, -0.2) is 25.6 Å². The van der Waals surface area contributed by atoms with Gasteiger partial charge < -0.3 is 5.11 Å². The van der Waals surface area contributed by atoms with Crippen molar-refractivity contribution >= 4 is 17.1 Å². The lowest BCUT2D eigenvalue weighted by Crippen LogP contribution is -2.41. The van der Waals surface area contributed by atoms with E-state index in [4.69, 9.17) is 0 Å². The Morgan fingerprint density at radius 1 is 1.37 bits per heavy atom. The molecule has 2 rings (SSSR count). The van der Waals surface area contributed by atoms with Gasteiger partial charge in [0.15, 0.2) is 5.65 Å². The van der Waals surface area contributed by atoms with Gasteiger partial charge in [-0.3, -0.25) is 4.57 Å². The predicted octanol–water partition coefficient (Wildman–Crippen LogP) is 2.65. The van der Waals surface area contributed by atoms with Crippen LogP contribution in [0, 0.1) is 13.8 Å². The van der Waals surface area contributed by atoms with Crippen molar-refractivity contribution in [1.82, 2.24) is 14.5 Å². The number of hydrogen-bond acceptors (Lipinski definition) is 3. The second-order valence-electron chi connectivity index (χ2n) is 4.89. The fourth-order valence-corrected chi connectivity index (χ4v) is 2.66. The Bertz CT molecular complexity index is 627. The smallest absolute Gasteiger partial charge is 0.329 e. The average molecular weight is 261 g/mol. The van der Waals surface area contributed by atoms with Crippen LogP contribution in [0.5, 0.6) is 0 Å². The van der Waals surface area contributed by atoms with E-state index in [-0.39, 0.29) is 0 Å². The molecule has 2 aromatic rings. The number of rotatable bonds is 4. The zero-order chi connectivity index (χ0) is 14.2. The second kappa shape index (κ2) is 4.64. The standard InChI is InChI=1S/C14H19N3O2/c1-5-14(6-2,13(18)19)17-10(4)16-11-7-9(3)8-15-12(11)17/h7-8H,5-6H2,1-4H3,(H,18,19). The Morgan fingerprint density at radius 2 is 2.00 bits per heavy atom. The van der Waals surface area contributed by atoms with Crippen LogP contribution in [0.1, 0.15) is 38.1 Å². The number of fused-ring (bicyclic) bond motifs is 1. The molecule has 0 aliphatic carbocycles. The number of aryl methyl sites for hydroxylation is 2. The Labute approximate surface area is 112 Å². The molecule has 2 aromatic heterocycles. The summed E-state index contributed by atoms with van der Waals surface area (Å²) >= 11 is 0. The van der Waals surface area contributed by atoms with Crippen LogP contribution in [0.3, 0.4) is 0 Å². The van der Waals surface area contributed by atoms with Gasteiger partial charge in [-0.15, -0.1) is 0 Å². The van der Waals surface area contributed by atoms with E-state index in [9.17, 15) is 9.90 Å². The third kappa shape index (κ3) is 1.89. The van der Waals surface area contributed by atoms with Crippen molar-refractivity contribution < 1.29 is 9.90 Å². The average Bonchev–Trinajstić information content (AvgIpc) is 2.68. The van der Waals surface area contributed by atoms with Crippen molar-refractivity contribution in [2.24, 2.45) is 0 Å². The number of imidazole rings is 1. The Morgan fingerprint density at radius 3 is 2.53 bits per heavy atom. The highest BCUT2D eigenvalue weighted by atomic mass is 16.4. The maximum Gasteiger partial charge on any atom is 0.329 e. The highest BCUT2D eigenvalue weighted by Gasteiger charge is 2.39. The molecule has 0 atom stereocenters. The quantitative estimate of drug-likeness (QED) is 0.918. The van der Waals surface area contributed by atoms with Crippen molar-refractivity contribution in [3.8, 4) is 0 Å². The van der Waals surface area contributed by atoms with Gasteiger partial charge in [-0.05, 0) is 38.3 Å². The molecule has 0 fully saturated rings. The summed E-state index contributed by atoms with van der Waals surface area (Å²) < 4.78 is 1.77. The zero-order valence-corrected chi connectivity index (χ0v) is 11.8. The van der Waals surface area contributed by atoms with Crippen molar-refractivity contribution in [2.45, 2.75) is 46.1 Å². The lowest BCUT2D eigenvalue weighted by molar-refractivity contribution is -0.148. The summed E-state index contributed by atoms with van der Waals surface area (Å²) in [5, 5.41) is 9.66. The van der Waals surface area contributed by atoms with E-state index in [0.29, 0.717) is 24.3 Å². The van der Waals surface area contributed by atoms with Gasteiger partial charge in [0.2, 0.25) is 0 Å². The minimum atomic E-state index is -0.971. The highest BCUT2D eigenvalue weighted by Crippen LogP contribution is 2.31. The molecule has 0 amide bonds. The first-order valence-corrected chi connectivity index (χ1v) is 6.51. The summed E-state index contributed by atoms with van der Waals surface area (Å²) in [4.78, 5) is 20.6. The molecule has 0 saturated carbocycles. The van der Waals surface area contributed by atoms with Gasteiger partial charge >= 0.3 is 5.97 Å². The van der Waals surface area contributed by atoms with Crippen molar-refractivity contribution in [3.05, 3.63) is 23.7 Å². The van der Waals surface area contributed by atoms with Gasteiger partial charge in [-0.25, -0.2) is 14.8 Å². The van der Waals surface area contributed by atoms with Crippen LogP contribution >= 0.6 is 0 Å². The predicted molar refractivity (Wildman–Crippen MR) is 73.2 cm³/mol. The Hall–Kier alpha value is -1.91. The molecule has 0 aromatic carbocycles. The number of hydrogen-bond donors (Lipinski definition) is 1. The van der Waals surface area contributed by atoms with E-state index < -0.39 is 11.5 Å². The van der Waals surface area contributed by atoms with E-state index in [1.54, 1.807) is 10.8 Å². The normalized spacial score (nSPS) is 12.0. The Kier molecular flexibility index (Phi) is 3.30. The summed E-state index contributed by atoms with van der Waals surface area (Å²) in [6.07, 6.45) is 2.75. The lowest BCUT2D eigenvalue weighted by Gasteiger charge is -2.30. The van der Waals surface area contributed by atoms with Gasteiger partial charge in [-0.2, -0.15) is 0 Å². The molecular weight excluding hydrogens is 242 g/mol. The van der Waals surface area contributed by atoms with Crippen molar-refractivity contribution in [2.75, 3.05) is 0 Å².